The SMILES string of the molecule is NC1CCCN(S(=O)(=O)c2c(F)cc(F)cc2F)C1. The minimum Gasteiger partial charge on any atom is -0.327 e. The lowest BCUT2D eigenvalue weighted by atomic mass is 10.1. The number of halogens is 3. The third kappa shape index (κ3) is 2.75. The van der Waals surface area contributed by atoms with Gasteiger partial charge in [-0.2, -0.15) is 4.31 Å². The average Bonchev–Trinajstić information content (AvgIpc) is 2.26. The molecule has 1 fully saturated rings. The number of nitrogens with zero attached hydrogens (tertiary/aromatic N) is 1. The molecule has 1 aliphatic rings. The molecule has 2 N–H and O–H groups in total. The maximum absolute atomic E-state index is 13.5. The number of piperidine rings is 1. The Morgan fingerprint density at radius 3 is 2.32 bits per heavy atom. The lowest BCUT2D eigenvalue weighted by Crippen LogP contribution is -2.46. The molecule has 0 spiro atoms. The maximum Gasteiger partial charge on any atom is 0.248 e. The van der Waals surface area contributed by atoms with Crippen molar-refractivity contribution in [2.24, 2.45) is 5.73 Å². The Labute approximate surface area is 109 Å². The summed E-state index contributed by atoms with van der Waals surface area (Å²) < 4.78 is 65.1. The Bertz CT molecular complexity index is 569. The summed E-state index contributed by atoms with van der Waals surface area (Å²) in [7, 11) is -4.34. The Kier molecular flexibility index (Phi) is 3.84. The number of rotatable bonds is 2. The van der Waals surface area contributed by atoms with Crippen LogP contribution < -0.4 is 5.73 Å². The third-order valence-electron chi connectivity index (χ3n) is 2.98. The normalized spacial score (nSPS) is 21.6. The predicted octanol–water partition coefficient (Wildman–Crippen LogP) is 1.22. The molecule has 1 heterocycles. The second-order valence-electron chi connectivity index (χ2n) is 4.46. The Hall–Kier alpha value is -1.12. The Morgan fingerprint density at radius 2 is 1.79 bits per heavy atom. The van der Waals surface area contributed by atoms with Crippen molar-refractivity contribution in [2.75, 3.05) is 13.1 Å². The first kappa shape index (κ1) is 14.3. The molecule has 0 radical (unpaired) electrons. The summed E-state index contributed by atoms with van der Waals surface area (Å²) in [4.78, 5) is -1.12. The number of nitrogens with two attached hydrogens (primary N) is 1. The predicted molar refractivity (Wildman–Crippen MR) is 62.3 cm³/mol. The van der Waals surface area contributed by atoms with E-state index in [1.165, 1.54) is 0 Å². The quantitative estimate of drug-likeness (QED) is 0.892. The number of hydrogen-bond donors (Lipinski definition) is 1. The van der Waals surface area contributed by atoms with E-state index in [4.69, 9.17) is 5.73 Å². The van der Waals surface area contributed by atoms with E-state index in [-0.39, 0.29) is 19.1 Å². The van der Waals surface area contributed by atoms with Gasteiger partial charge in [0.05, 0.1) is 0 Å². The van der Waals surface area contributed by atoms with Gasteiger partial charge in [-0.05, 0) is 12.8 Å². The zero-order chi connectivity index (χ0) is 14.2. The summed E-state index contributed by atoms with van der Waals surface area (Å²) in [5.41, 5.74) is 5.65. The fourth-order valence-electron chi connectivity index (χ4n) is 2.10. The van der Waals surface area contributed by atoms with Crippen LogP contribution in [-0.2, 0) is 10.0 Å². The topological polar surface area (TPSA) is 63.4 Å². The van der Waals surface area contributed by atoms with E-state index in [1.54, 1.807) is 0 Å². The number of benzene rings is 1. The van der Waals surface area contributed by atoms with E-state index in [2.05, 4.69) is 0 Å². The zero-order valence-electron chi connectivity index (χ0n) is 9.94. The van der Waals surface area contributed by atoms with Crippen LogP contribution >= 0.6 is 0 Å². The minimum absolute atomic E-state index is 0.00140. The highest BCUT2D eigenvalue weighted by Gasteiger charge is 2.33. The molecule has 1 aliphatic heterocycles. The van der Waals surface area contributed by atoms with Crippen LogP contribution in [0.2, 0.25) is 0 Å². The van der Waals surface area contributed by atoms with Gasteiger partial charge in [-0.1, -0.05) is 0 Å². The van der Waals surface area contributed by atoms with Crippen LogP contribution in [0.3, 0.4) is 0 Å². The molecule has 19 heavy (non-hydrogen) atoms. The van der Waals surface area contributed by atoms with E-state index in [0.29, 0.717) is 25.0 Å². The molecule has 8 heteroatoms. The van der Waals surface area contributed by atoms with Crippen LogP contribution in [0.4, 0.5) is 13.2 Å². The van der Waals surface area contributed by atoms with E-state index < -0.39 is 32.4 Å². The third-order valence-corrected chi connectivity index (χ3v) is 4.90. The fraction of sp³-hybridized carbons (Fsp3) is 0.455. The van der Waals surface area contributed by atoms with Crippen LogP contribution in [0.25, 0.3) is 0 Å². The Balaban J connectivity index is 2.45. The van der Waals surface area contributed by atoms with Crippen LogP contribution in [0.15, 0.2) is 17.0 Å². The molecule has 0 saturated carbocycles. The summed E-state index contributed by atoms with van der Waals surface area (Å²) in [5.74, 6) is -4.03. The molecule has 1 aromatic carbocycles. The van der Waals surface area contributed by atoms with Crippen molar-refractivity contribution in [1.29, 1.82) is 0 Å². The van der Waals surface area contributed by atoms with Gasteiger partial charge in [0.2, 0.25) is 10.0 Å². The van der Waals surface area contributed by atoms with Gasteiger partial charge in [0.25, 0.3) is 0 Å². The lowest BCUT2D eigenvalue weighted by Gasteiger charge is -2.30. The first-order valence-electron chi connectivity index (χ1n) is 5.72. The van der Waals surface area contributed by atoms with Gasteiger partial charge in [-0.25, -0.2) is 21.6 Å². The first-order valence-corrected chi connectivity index (χ1v) is 7.16. The fourth-order valence-corrected chi connectivity index (χ4v) is 3.72. The monoisotopic (exact) mass is 294 g/mol. The standard InChI is InChI=1S/C11H13F3N2O2S/c12-7-4-9(13)11(10(14)5-7)19(17,18)16-3-1-2-8(15)6-16/h4-5,8H,1-3,6,15H2. The molecular weight excluding hydrogens is 281 g/mol. The molecule has 0 aromatic heterocycles. The van der Waals surface area contributed by atoms with Crippen LogP contribution in [0.1, 0.15) is 12.8 Å². The lowest BCUT2D eigenvalue weighted by molar-refractivity contribution is 0.313. The molecule has 1 aromatic rings. The molecule has 1 unspecified atom stereocenters. The number of hydrogen-bond acceptors (Lipinski definition) is 3. The molecule has 0 aliphatic carbocycles. The van der Waals surface area contributed by atoms with Crippen molar-refractivity contribution in [2.45, 2.75) is 23.8 Å². The summed E-state index contributed by atoms with van der Waals surface area (Å²) in [6.07, 6.45) is 1.17. The second kappa shape index (κ2) is 5.10. The molecule has 4 nitrogen and oxygen atoms in total. The second-order valence-corrected chi connectivity index (χ2v) is 6.34. The zero-order valence-corrected chi connectivity index (χ0v) is 10.8. The maximum atomic E-state index is 13.5. The van der Waals surface area contributed by atoms with Gasteiger partial charge in [0.15, 0.2) is 4.90 Å². The van der Waals surface area contributed by atoms with Gasteiger partial charge >= 0.3 is 0 Å². The van der Waals surface area contributed by atoms with E-state index >= 15 is 0 Å². The smallest absolute Gasteiger partial charge is 0.248 e. The molecule has 0 bridgehead atoms. The van der Waals surface area contributed by atoms with Crippen molar-refractivity contribution < 1.29 is 21.6 Å². The highest BCUT2D eigenvalue weighted by Crippen LogP contribution is 2.25. The van der Waals surface area contributed by atoms with Gasteiger partial charge in [-0.3, -0.25) is 0 Å². The van der Waals surface area contributed by atoms with Gasteiger partial charge in [0, 0.05) is 31.3 Å². The van der Waals surface area contributed by atoms with Crippen molar-refractivity contribution in [3.63, 3.8) is 0 Å². The van der Waals surface area contributed by atoms with Crippen molar-refractivity contribution in [1.82, 2.24) is 4.31 Å². The number of sulfonamides is 1. The molecule has 1 atom stereocenters. The average molecular weight is 294 g/mol. The van der Waals surface area contributed by atoms with Crippen LogP contribution in [-0.4, -0.2) is 31.9 Å². The molecule has 1 saturated heterocycles. The molecule has 0 amide bonds. The van der Waals surface area contributed by atoms with Crippen molar-refractivity contribution >= 4 is 10.0 Å². The van der Waals surface area contributed by atoms with Gasteiger partial charge < -0.3 is 5.73 Å². The molecule has 106 valence electrons. The summed E-state index contributed by atoms with van der Waals surface area (Å²) in [6, 6.07) is 0.328. The largest absolute Gasteiger partial charge is 0.327 e. The van der Waals surface area contributed by atoms with Gasteiger partial charge in [-0.15, -0.1) is 0 Å². The molecular formula is C11H13F3N2O2S. The van der Waals surface area contributed by atoms with Crippen molar-refractivity contribution in [3.05, 3.63) is 29.6 Å². The van der Waals surface area contributed by atoms with Crippen LogP contribution in [0, 0.1) is 17.5 Å². The van der Waals surface area contributed by atoms with E-state index in [0.717, 1.165) is 4.31 Å². The Morgan fingerprint density at radius 1 is 1.21 bits per heavy atom. The van der Waals surface area contributed by atoms with Gasteiger partial charge in [0.1, 0.15) is 17.5 Å². The summed E-state index contributed by atoms with van der Waals surface area (Å²) in [6.45, 7) is 0.144. The highest BCUT2D eigenvalue weighted by molar-refractivity contribution is 7.89. The summed E-state index contributed by atoms with van der Waals surface area (Å²) in [5, 5.41) is 0. The summed E-state index contributed by atoms with van der Waals surface area (Å²) >= 11 is 0. The minimum atomic E-state index is -4.34. The van der Waals surface area contributed by atoms with Crippen LogP contribution in [0.5, 0.6) is 0 Å². The highest BCUT2D eigenvalue weighted by atomic mass is 32.2. The van der Waals surface area contributed by atoms with E-state index in [9.17, 15) is 21.6 Å². The molecule has 2 rings (SSSR count). The van der Waals surface area contributed by atoms with E-state index in [1.807, 2.05) is 0 Å². The van der Waals surface area contributed by atoms with Crippen molar-refractivity contribution in [3.8, 4) is 0 Å². The first-order chi connectivity index (χ1) is 8.82.